The second-order valence-corrected chi connectivity index (χ2v) is 6.37. The van der Waals surface area contributed by atoms with E-state index in [1.54, 1.807) is 18.1 Å². The van der Waals surface area contributed by atoms with E-state index >= 15 is 0 Å². The highest BCUT2D eigenvalue weighted by molar-refractivity contribution is 8.01. The van der Waals surface area contributed by atoms with Crippen LogP contribution in [0.2, 0.25) is 0 Å². The van der Waals surface area contributed by atoms with E-state index in [9.17, 15) is 0 Å². The summed E-state index contributed by atoms with van der Waals surface area (Å²) in [5.74, 6) is 0. The van der Waals surface area contributed by atoms with Crippen molar-refractivity contribution in [2.24, 2.45) is 5.73 Å². The number of benzene rings is 1. The molecule has 0 saturated carbocycles. The second-order valence-electron chi connectivity index (χ2n) is 4.27. The molecule has 0 radical (unpaired) electrons. The fourth-order valence-electron chi connectivity index (χ4n) is 1.70. The minimum absolute atomic E-state index is 0.255. The first-order chi connectivity index (χ1) is 8.69. The Morgan fingerprint density at radius 2 is 2.28 bits per heavy atom. The van der Waals surface area contributed by atoms with Crippen molar-refractivity contribution in [3.8, 4) is 0 Å². The van der Waals surface area contributed by atoms with Crippen LogP contribution in [-0.2, 0) is 6.42 Å². The standard InChI is InChI=1S/C13H17N3S2/c1-3-11(14)7-10-4-5-12(6-9(10)2)17-13-15-8-16-18-13/h4-6,8,11H,3,7,14H2,1-2H3. The minimum Gasteiger partial charge on any atom is -0.327 e. The molecule has 0 bridgehead atoms. The van der Waals surface area contributed by atoms with Crippen molar-refractivity contribution in [3.63, 3.8) is 0 Å². The molecule has 0 aliphatic carbocycles. The molecule has 0 amide bonds. The van der Waals surface area contributed by atoms with E-state index in [1.807, 2.05) is 0 Å². The van der Waals surface area contributed by atoms with Crippen molar-refractivity contribution in [2.45, 2.75) is 42.0 Å². The van der Waals surface area contributed by atoms with Crippen LogP contribution in [0.25, 0.3) is 0 Å². The lowest BCUT2D eigenvalue weighted by molar-refractivity contribution is 0.644. The zero-order chi connectivity index (χ0) is 13.0. The van der Waals surface area contributed by atoms with Crippen LogP contribution in [-0.4, -0.2) is 15.4 Å². The number of hydrogen-bond donors (Lipinski definition) is 1. The van der Waals surface area contributed by atoms with Crippen LogP contribution in [0.15, 0.2) is 33.8 Å². The number of aromatic nitrogens is 2. The summed E-state index contributed by atoms with van der Waals surface area (Å²) in [6.07, 6.45) is 3.56. The maximum Gasteiger partial charge on any atom is 0.174 e. The molecule has 1 heterocycles. The van der Waals surface area contributed by atoms with Gasteiger partial charge in [0.1, 0.15) is 6.33 Å². The Morgan fingerprint density at radius 3 is 2.89 bits per heavy atom. The van der Waals surface area contributed by atoms with Crippen molar-refractivity contribution in [3.05, 3.63) is 35.7 Å². The number of nitrogens with two attached hydrogens (primary N) is 1. The number of hydrogen-bond acceptors (Lipinski definition) is 5. The van der Waals surface area contributed by atoms with E-state index in [-0.39, 0.29) is 6.04 Å². The van der Waals surface area contributed by atoms with Gasteiger partial charge in [0.2, 0.25) is 0 Å². The Labute approximate surface area is 116 Å². The minimum atomic E-state index is 0.255. The third kappa shape index (κ3) is 3.54. The lowest BCUT2D eigenvalue weighted by Crippen LogP contribution is -2.21. The summed E-state index contributed by atoms with van der Waals surface area (Å²) in [6.45, 7) is 4.27. The largest absolute Gasteiger partial charge is 0.327 e. The van der Waals surface area contributed by atoms with Crippen molar-refractivity contribution < 1.29 is 0 Å². The highest BCUT2D eigenvalue weighted by Gasteiger charge is 2.07. The van der Waals surface area contributed by atoms with Gasteiger partial charge in [-0.3, -0.25) is 0 Å². The third-order valence-corrected chi connectivity index (χ3v) is 4.57. The van der Waals surface area contributed by atoms with Gasteiger partial charge in [-0.2, -0.15) is 4.37 Å². The lowest BCUT2D eigenvalue weighted by Gasteiger charge is -2.12. The van der Waals surface area contributed by atoms with Gasteiger partial charge < -0.3 is 5.73 Å². The van der Waals surface area contributed by atoms with Crippen LogP contribution in [0, 0.1) is 6.92 Å². The predicted octanol–water partition coefficient (Wildman–Crippen LogP) is 3.28. The van der Waals surface area contributed by atoms with Gasteiger partial charge in [0.15, 0.2) is 4.34 Å². The van der Waals surface area contributed by atoms with Crippen LogP contribution >= 0.6 is 23.3 Å². The van der Waals surface area contributed by atoms with Crippen molar-refractivity contribution >= 4 is 23.3 Å². The molecule has 1 atom stereocenters. The molecule has 1 aromatic heterocycles. The molecule has 2 aromatic rings. The van der Waals surface area contributed by atoms with Gasteiger partial charge in [-0.1, -0.05) is 24.8 Å². The second kappa shape index (κ2) is 6.31. The highest BCUT2D eigenvalue weighted by Crippen LogP contribution is 2.29. The highest BCUT2D eigenvalue weighted by atomic mass is 32.2. The molecule has 1 aromatic carbocycles. The lowest BCUT2D eigenvalue weighted by atomic mass is 10.0. The molecule has 3 nitrogen and oxygen atoms in total. The van der Waals surface area contributed by atoms with Gasteiger partial charge in [0, 0.05) is 10.9 Å². The summed E-state index contributed by atoms with van der Waals surface area (Å²) in [4.78, 5) is 5.38. The predicted molar refractivity (Wildman–Crippen MR) is 77.2 cm³/mol. The first kappa shape index (κ1) is 13.5. The van der Waals surface area contributed by atoms with Gasteiger partial charge in [0.25, 0.3) is 0 Å². The van der Waals surface area contributed by atoms with E-state index in [0.29, 0.717) is 0 Å². The van der Waals surface area contributed by atoms with Crippen molar-refractivity contribution in [1.29, 1.82) is 0 Å². The van der Waals surface area contributed by atoms with Crippen LogP contribution < -0.4 is 5.73 Å². The SMILES string of the molecule is CCC(N)Cc1ccc(Sc2ncns2)cc1C. The summed E-state index contributed by atoms with van der Waals surface area (Å²) in [6, 6.07) is 6.76. The zero-order valence-electron chi connectivity index (χ0n) is 10.6. The van der Waals surface area contributed by atoms with Crippen molar-refractivity contribution in [1.82, 2.24) is 9.36 Å². The summed E-state index contributed by atoms with van der Waals surface area (Å²) in [5, 5.41) is 0. The molecule has 2 N–H and O–H groups in total. The van der Waals surface area contributed by atoms with Crippen LogP contribution in [0.5, 0.6) is 0 Å². The van der Waals surface area contributed by atoms with Crippen LogP contribution in [0.4, 0.5) is 0 Å². The van der Waals surface area contributed by atoms with Crippen molar-refractivity contribution in [2.75, 3.05) is 0 Å². The summed E-state index contributed by atoms with van der Waals surface area (Å²) >= 11 is 3.08. The van der Waals surface area contributed by atoms with E-state index in [1.165, 1.54) is 27.6 Å². The maximum absolute atomic E-state index is 6.00. The topological polar surface area (TPSA) is 51.8 Å². The summed E-state index contributed by atoms with van der Waals surface area (Å²) in [5.41, 5.74) is 8.64. The molecule has 5 heteroatoms. The molecule has 0 aliphatic rings. The first-order valence-electron chi connectivity index (χ1n) is 5.98. The van der Waals surface area contributed by atoms with E-state index < -0.39 is 0 Å². The number of rotatable bonds is 5. The van der Waals surface area contributed by atoms with E-state index in [2.05, 4.69) is 41.4 Å². The molecule has 0 fully saturated rings. The molecular formula is C13H17N3S2. The number of nitrogens with zero attached hydrogens (tertiary/aromatic N) is 2. The Balaban J connectivity index is 2.09. The van der Waals surface area contributed by atoms with Gasteiger partial charge in [-0.15, -0.1) is 0 Å². The van der Waals surface area contributed by atoms with E-state index in [4.69, 9.17) is 5.73 Å². The normalized spacial score (nSPS) is 12.6. The Bertz CT molecular complexity index is 497. The third-order valence-electron chi connectivity index (χ3n) is 2.87. The average molecular weight is 279 g/mol. The first-order valence-corrected chi connectivity index (χ1v) is 7.57. The van der Waals surface area contributed by atoms with Gasteiger partial charge in [-0.05, 0) is 54.6 Å². The fourth-order valence-corrected chi connectivity index (χ4v) is 3.22. The Kier molecular flexibility index (Phi) is 4.74. The number of aryl methyl sites for hydroxylation is 1. The molecule has 96 valence electrons. The summed E-state index contributed by atoms with van der Waals surface area (Å²) < 4.78 is 4.98. The molecule has 18 heavy (non-hydrogen) atoms. The zero-order valence-corrected chi connectivity index (χ0v) is 12.2. The van der Waals surface area contributed by atoms with Gasteiger partial charge >= 0.3 is 0 Å². The quantitative estimate of drug-likeness (QED) is 0.912. The molecule has 0 aliphatic heterocycles. The average Bonchev–Trinajstić information content (AvgIpc) is 2.85. The van der Waals surface area contributed by atoms with Gasteiger partial charge in [0.05, 0.1) is 0 Å². The maximum atomic E-state index is 6.00. The van der Waals surface area contributed by atoms with E-state index in [0.717, 1.165) is 17.2 Å². The smallest absolute Gasteiger partial charge is 0.174 e. The summed E-state index contributed by atoms with van der Waals surface area (Å²) in [7, 11) is 0. The Hall–Kier alpha value is -0.910. The van der Waals surface area contributed by atoms with Crippen LogP contribution in [0.1, 0.15) is 24.5 Å². The molecule has 0 saturated heterocycles. The Morgan fingerprint density at radius 1 is 1.44 bits per heavy atom. The molecule has 1 unspecified atom stereocenters. The molecule has 2 rings (SSSR count). The fraction of sp³-hybridized carbons (Fsp3) is 0.385. The molecular weight excluding hydrogens is 262 g/mol. The van der Waals surface area contributed by atoms with Gasteiger partial charge in [-0.25, -0.2) is 4.98 Å². The monoisotopic (exact) mass is 279 g/mol. The van der Waals surface area contributed by atoms with Crippen LogP contribution in [0.3, 0.4) is 0 Å². The molecule has 0 spiro atoms.